The fraction of sp³-hybridized carbons (Fsp3) is 0.0556. The van der Waals surface area contributed by atoms with Crippen LogP contribution in [-0.2, 0) is 0 Å². The highest BCUT2D eigenvalue weighted by Crippen LogP contribution is 2.32. The molecule has 0 radical (unpaired) electrons. The summed E-state index contributed by atoms with van der Waals surface area (Å²) in [6.45, 7) is 2.07. The van der Waals surface area contributed by atoms with E-state index in [0.29, 0.717) is 0 Å². The number of aromatic nitrogens is 2. The predicted octanol–water partition coefficient (Wildman–Crippen LogP) is 5.41. The molecule has 0 spiro atoms. The van der Waals surface area contributed by atoms with Gasteiger partial charge in [-0.05, 0) is 59.3 Å². The molecule has 0 aliphatic heterocycles. The molecule has 4 aromatic rings. The molecule has 0 unspecified atom stereocenters. The molecule has 3 heterocycles. The number of nitrogens with one attached hydrogen (secondary N) is 1. The molecular formula is C18H14BrN3O. The Morgan fingerprint density at radius 2 is 1.91 bits per heavy atom. The number of hydrogen-bond acceptors (Lipinski definition) is 3. The number of rotatable bonds is 3. The van der Waals surface area contributed by atoms with E-state index < -0.39 is 0 Å². The van der Waals surface area contributed by atoms with E-state index >= 15 is 0 Å². The number of aryl methyl sites for hydroxylation is 1. The Morgan fingerprint density at radius 3 is 2.65 bits per heavy atom. The van der Waals surface area contributed by atoms with Gasteiger partial charge in [-0.1, -0.05) is 17.7 Å². The second-order valence-corrected chi connectivity index (χ2v) is 6.27. The summed E-state index contributed by atoms with van der Waals surface area (Å²) in [4.78, 5) is 4.70. The quantitative estimate of drug-likeness (QED) is 0.526. The lowest BCUT2D eigenvalue weighted by Crippen LogP contribution is -1.96. The minimum atomic E-state index is 0.736. The molecule has 0 saturated carbocycles. The molecule has 3 aromatic heterocycles. The van der Waals surface area contributed by atoms with Crippen LogP contribution < -0.4 is 5.32 Å². The zero-order chi connectivity index (χ0) is 15.8. The topological polar surface area (TPSA) is 42.5 Å². The molecule has 0 bridgehead atoms. The van der Waals surface area contributed by atoms with Crippen LogP contribution >= 0.6 is 15.9 Å². The summed E-state index contributed by atoms with van der Waals surface area (Å²) in [5.41, 5.74) is 3.87. The van der Waals surface area contributed by atoms with Crippen LogP contribution in [0.15, 0.2) is 69.9 Å². The van der Waals surface area contributed by atoms with Crippen molar-refractivity contribution in [3.63, 3.8) is 0 Å². The first-order valence-corrected chi connectivity index (χ1v) is 8.05. The first-order chi connectivity index (χ1) is 11.2. The van der Waals surface area contributed by atoms with Gasteiger partial charge in [0, 0.05) is 16.4 Å². The van der Waals surface area contributed by atoms with Gasteiger partial charge in [-0.15, -0.1) is 0 Å². The third-order valence-electron chi connectivity index (χ3n) is 3.65. The fourth-order valence-corrected chi connectivity index (χ4v) is 2.83. The maximum absolute atomic E-state index is 5.55. The number of hydrogen-bond donors (Lipinski definition) is 1. The van der Waals surface area contributed by atoms with E-state index in [0.717, 1.165) is 33.1 Å². The monoisotopic (exact) mass is 367 g/mol. The summed E-state index contributed by atoms with van der Waals surface area (Å²) in [7, 11) is 0. The van der Waals surface area contributed by atoms with Crippen molar-refractivity contribution < 1.29 is 4.42 Å². The van der Waals surface area contributed by atoms with Gasteiger partial charge in [0.15, 0.2) is 5.76 Å². The van der Waals surface area contributed by atoms with Gasteiger partial charge in [-0.2, -0.15) is 0 Å². The first kappa shape index (κ1) is 14.1. The van der Waals surface area contributed by atoms with Crippen LogP contribution in [0.5, 0.6) is 0 Å². The van der Waals surface area contributed by atoms with E-state index in [-0.39, 0.29) is 0 Å². The van der Waals surface area contributed by atoms with E-state index in [9.17, 15) is 0 Å². The van der Waals surface area contributed by atoms with Crippen LogP contribution in [0.25, 0.3) is 17.1 Å². The van der Waals surface area contributed by atoms with Crippen molar-refractivity contribution in [2.45, 2.75) is 6.92 Å². The minimum absolute atomic E-state index is 0.736. The molecule has 4 nitrogen and oxygen atoms in total. The summed E-state index contributed by atoms with van der Waals surface area (Å²) in [6, 6.07) is 16.0. The van der Waals surface area contributed by atoms with Gasteiger partial charge in [-0.25, -0.2) is 4.98 Å². The average molecular weight is 368 g/mol. The van der Waals surface area contributed by atoms with Crippen molar-refractivity contribution in [1.29, 1.82) is 0 Å². The molecule has 1 N–H and O–H groups in total. The van der Waals surface area contributed by atoms with Crippen LogP contribution in [0.2, 0.25) is 0 Å². The van der Waals surface area contributed by atoms with Gasteiger partial charge in [0.25, 0.3) is 0 Å². The van der Waals surface area contributed by atoms with Gasteiger partial charge in [0.1, 0.15) is 17.2 Å². The third kappa shape index (κ3) is 2.64. The summed E-state index contributed by atoms with van der Waals surface area (Å²) in [5.74, 6) is 1.61. The predicted molar refractivity (Wildman–Crippen MR) is 95.1 cm³/mol. The second-order valence-electron chi connectivity index (χ2n) is 5.35. The van der Waals surface area contributed by atoms with Crippen LogP contribution in [0, 0.1) is 6.92 Å². The standard InChI is InChI=1S/C18H14BrN3O/c1-12-4-7-14(8-5-12)20-18-17(15-3-2-10-23-15)21-16-9-6-13(19)11-22(16)18/h2-11,20H,1H3. The normalized spacial score (nSPS) is 11.0. The largest absolute Gasteiger partial charge is 0.463 e. The Labute approximate surface area is 141 Å². The molecule has 4 rings (SSSR count). The van der Waals surface area contributed by atoms with Gasteiger partial charge >= 0.3 is 0 Å². The Hall–Kier alpha value is -2.53. The van der Waals surface area contributed by atoms with Crippen LogP contribution in [0.1, 0.15) is 5.56 Å². The maximum Gasteiger partial charge on any atom is 0.156 e. The van der Waals surface area contributed by atoms with Gasteiger partial charge in [0.05, 0.1) is 6.26 Å². The molecule has 5 heteroatoms. The number of fused-ring (bicyclic) bond motifs is 1. The number of halogens is 1. The van der Waals surface area contributed by atoms with Crippen molar-refractivity contribution in [3.05, 3.63) is 71.0 Å². The number of imidazole rings is 1. The third-order valence-corrected chi connectivity index (χ3v) is 4.12. The molecule has 0 amide bonds. The van der Waals surface area contributed by atoms with Crippen molar-refractivity contribution in [3.8, 4) is 11.5 Å². The van der Waals surface area contributed by atoms with E-state index in [1.54, 1.807) is 6.26 Å². The Balaban J connectivity index is 1.89. The Kier molecular flexibility index (Phi) is 3.42. The molecule has 23 heavy (non-hydrogen) atoms. The fourth-order valence-electron chi connectivity index (χ4n) is 2.50. The van der Waals surface area contributed by atoms with E-state index in [2.05, 4.69) is 52.4 Å². The summed E-state index contributed by atoms with van der Waals surface area (Å²) < 4.78 is 8.55. The van der Waals surface area contributed by atoms with Crippen LogP contribution in [0.3, 0.4) is 0 Å². The lowest BCUT2D eigenvalue weighted by molar-refractivity contribution is 0.581. The lowest BCUT2D eigenvalue weighted by atomic mass is 10.2. The number of benzene rings is 1. The summed E-state index contributed by atoms with van der Waals surface area (Å²) in [6.07, 6.45) is 3.65. The molecule has 0 aliphatic carbocycles. The van der Waals surface area contributed by atoms with Crippen LogP contribution in [-0.4, -0.2) is 9.38 Å². The molecule has 0 atom stereocenters. The zero-order valence-corrected chi connectivity index (χ0v) is 14.0. The zero-order valence-electron chi connectivity index (χ0n) is 12.5. The van der Waals surface area contributed by atoms with E-state index in [1.165, 1.54) is 5.56 Å². The van der Waals surface area contributed by atoms with Gasteiger partial charge in [0.2, 0.25) is 0 Å². The molecule has 114 valence electrons. The highest BCUT2D eigenvalue weighted by atomic mass is 79.9. The highest BCUT2D eigenvalue weighted by Gasteiger charge is 2.16. The maximum atomic E-state index is 5.55. The van der Waals surface area contributed by atoms with Crippen molar-refractivity contribution in [2.75, 3.05) is 5.32 Å². The van der Waals surface area contributed by atoms with E-state index in [1.807, 2.05) is 34.9 Å². The molecule has 0 aliphatic rings. The SMILES string of the molecule is Cc1ccc(Nc2c(-c3ccco3)nc3ccc(Br)cn23)cc1. The second kappa shape index (κ2) is 5.59. The van der Waals surface area contributed by atoms with Gasteiger partial charge < -0.3 is 9.73 Å². The molecule has 0 saturated heterocycles. The molecule has 0 fully saturated rings. The number of pyridine rings is 1. The Morgan fingerprint density at radius 1 is 1.09 bits per heavy atom. The van der Waals surface area contributed by atoms with Crippen molar-refractivity contribution >= 4 is 33.1 Å². The number of furan rings is 1. The number of anilines is 2. The smallest absolute Gasteiger partial charge is 0.156 e. The Bertz CT molecular complexity index is 956. The van der Waals surface area contributed by atoms with Gasteiger partial charge in [-0.3, -0.25) is 4.40 Å². The van der Waals surface area contributed by atoms with Crippen molar-refractivity contribution in [2.24, 2.45) is 0 Å². The van der Waals surface area contributed by atoms with E-state index in [4.69, 9.17) is 9.40 Å². The highest BCUT2D eigenvalue weighted by molar-refractivity contribution is 9.10. The number of nitrogens with zero attached hydrogens (tertiary/aromatic N) is 2. The minimum Gasteiger partial charge on any atom is -0.463 e. The first-order valence-electron chi connectivity index (χ1n) is 7.26. The molecule has 1 aromatic carbocycles. The molecular weight excluding hydrogens is 354 g/mol. The van der Waals surface area contributed by atoms with Crippen LogP contribution in [0.4, 0.5) is 11.5 Å². The van der Waals surface area contributed by atoms with Crippen molar-refractivity contribution in [1.82, 2.24) is 9.38 Å². The lowest BCUT2D eigenvalue weighted by Gasteiger charge is -2.08. The average Bonchev–Trinajstić information content (AvgIpc) is 3.18. The summed E-state index contributed by atoms with van der Waals surface area (Å²) >= 11 is 3.52. The summed E-state index contributed by atoms with van der Waals surface area (Å²) in [5, 5.41) is 3.46.